The van der Waals surface area contributed by atoms with Gasteiger partial charge in [-0.25, -0.2) is 9.97 Å². The van der Waals surface area contributed by atoms with E-state index in [0.29, 0.717) is 6.04 Å². The molecule has 0 fully saturated rings. The molecule has 112 valence electrons. The third-order valence-electron chi connectivity index (χ3n) is 3.64. The molecule has 21 heavy (non-hydrogen) atoms. The number of aryl methyl sites for hydroxylation is 3. The summed E-state index contributed by atoms with van der Waals surface area (Å²) in [5, 5.41) is 3.44. The molecule has 1 N–H and O–H groups in total. The smallest absolute Gasteiger partial charge is 0.133 e. The topological polar surface area (TPSA) is 37.8 Å². The first-order valence-corrected chi connectivity index (χ1v) is 7.57. The molecule has 0 spiro atoms. The number of rotatable bonds is 5. The van der Waals surface area contributed by atoms with Crippen LogP contribution in [0.2, 0.25) is 0 Å². The van der Waals surface area contributed by atoms with E-state index in [2.05, 4.69) is 74.2 Å². The van der Waals surface area contributed by atoms with Gasteiger partial charge >= 0.3 is 0 Å². The average molecular weight is 283 g/mol. The largest absolute Gasteiger partial charge is 0.310 e. The van der Waals surface area contributed by atoms with Crippen LogP contribution in [-0.2, 0) is 13.0 Å². The van der Waals surface area contributed by atoms with Gasteiger partial charge in [-0.15, -0.1) is 0 Å². The molecule has 0 unspecified atom stereocenters. The molecule has 2 aromatic rings. The Morgan fingerprint density at radius 3 is 2.05 bits per heavy atom. The molecule has 2 rings (SSSR count). The maximum atomic E-state index is 4.68. The fraction of sp³-hybridized carbons (Fsp3) is 0.444. The first-order chi connectivity index (χ1) is 9.95. The molecular weight excluding hydrogens is 258 g/mol. The predicted octanol–water partition coefficient (Wildman–Crippen LogP) is 3.49. The molecule has 3 nitrogen and oxygen atoms in total. The molecule has 0 aliphatic heterocycles. The van der Waals surface area contributed by atoms with Crippen LogP contribution in [-0.4, -0.2) is 16.0 Å². The molecule has 0 aliphatic rings. The zero-order valence-corrected chi connectivity index (χ0v) is 13.7. The van der Waals surface area contributed by atoms with E-state index in [1.54, 1.807) is 0 Å². The summed E-state index contributed by atoms with van der Waals surface area (Å²) >= 11 is 0. The summed E-state index contributed by atoms with van der Waals surface area (Å²) in [6.07, 6.45) is 0.792. The van der Waals surface area contributed by atoms with Crippen LogP contribution in [0.25, 0.3) is 0 Å². The van der Waals surface area contributed by atoms with Gasteiger partial charge in [-0.3, -0.25) is 0 Å². The van der Waals surface area contributed by atoms with E-state index in [4.69, 9.17) is 0 Å². The number of aromatic nitrogens is 2. The Bertz CT molecular complexity index is 577. The van der Waals surface area contributed by atoms with E-state index in [1.807, 2.05) is 0 Å². The number of hydrogen-bond donors (Lipinski definition) is 1. The summed E-state index contributed by atoms with van der Waals surface area (Å²) in [6.45, 7) is 11.4. The van der Waals surface area contributed by atoms with Gasteiger partial charge in [0, 0.05) is 36.0 Å². The standard InChI is InChI=1S/C18H25N3/c1-12(2)19-11-17-14(4)20-18(21-15(17)5)10-16-8-6-13(3)7-9-16/h6-9,12,19H,10-11H2,1-5H3. The Labute approximate surface area is 127 Å². The maximum absolute atomic E-state index is 4.68. The van der Waals surface area contributed by atoms with E-state index in [-0.39, 0.29) is 0 Å². The lowest BCUT2D eigenvalue weighted by Crippen LogP contribution is -2.23. The minimum absolute atomic E-state index is 0.469. The molecule has 0 saturated heterocycles. The normalized spacial score (nSPS) is 11.1. The molecule has 0 radical (unpaired) electrons. The third-order valence-corrected chi connectivity index (χ3v) is 3.64. The molecule has 0 saturated carbocycles. The second kappa shape index (κ2) is 6.81. The molecule has 1 aromatic heterocycles. The maximum Gasteiger partial charge on any atom is 0.133 e. The Balaban J connectivity index is 2.17. The number of hydrogen-bond acceptors (Lipinski definition) is 3. The van der Waals surface area contributed by atoms with Gasteiger partial charge in [0.2, 0.25) is 0 Å². The first kappa shape index (κ1) is 15.6. The molecule has 1 aromatic carbocycles. The van der Waals surface area contributed by atoms with E-state index >= 15 is 0 Å². The monoisotopic (exact) mass is 283 g/mol. The van der Waals surface area contributed by atoms with Crippen molar-refractivity contribution >= 4 is 0 Å². The van der Waals surface area contributed by atoms with Crippen LogP contribution in [0.1, 0.15) is 47.8 Å². The van der Waals surface area contributed by atoms with Crippen LogP contribution < -0.4 is 5.32 Å². The second-order valence-electron chi connectivity index (χ2n) is 5.99. The van der Waals surface area contributed by atoms with E-state index in [0.717, 1.165) is 30.2 Å². The van der Waals surface area contributed by atoms with Crippen molar-refractivity contribution in [1.82, 2.24) is 15.3 Å². The quantitative estimate of drug-likeness (QED) is 0.912. The Morgan fingerprint density at radius 1 is 0.952 bits per heavy atom. The highest BCUT2D eigenvalue weighted by Gasteiger charge is 2.09. The lowest BCUT2D eigenvalue weighted by molar-refractivity contribution is 0.582. The zero-order chi connectivity index (χ0) is 15.4. The average Bonchev–Trinajstić information content (AvgIpc) is 2.40. The fourth-order valence-corrected chi connectivity index (χ4v) is 2.34. The molecule has 0 aliphatic carbocycles. The minimum atomic E-state index is 0.469. The highest BCUT2D eigenvalue weighted by molar-refractivity contribution is 5.28. The summed E-state index contributed by atoms with van der Waals surface area (Å²) in [4.78, 5) is 9.36. The van der Waals surface area contributed by atoms with E-state index in [1.165, 1.54) is 16.7 Å². The van der Waals surface area contributed by atoms with Crippen molar-refractivity contribution in [1.29, 1.82) is 0 Å². The summed E-state index contributed by atoms with van der Waals surface area (Å²) in [5.41, 5.74) is 5.92. The van der Waals surface area contributed by atoms with Crippen molar-refractivity contribution < 1.29 is 0 Å². The van der Waals surface area contributed by atoms with Crippen LogP contribution in [0.15, 0.2) is 24.3 Å². The predicted molar refractivity (Wildman–Crippen MR) is 87.5 cm³/mol. The SMILES string of the molecule is Cc1ccc(Cc2nc(C)c(CNC(C)C)c(C)n2)cc1. The van der Waals surface area contributed by atoms with Gasteiger partial charge in [0.1, 0.15) is 5.82 Å². The second-order valence-corrected chi connectivity index (χ2v) is 5.99. The Kier molecular flexibility index (Phi) is 5.07. The van der Waals surface area contributed by atoms with Gasteiger partial charge < -0.3 is 5.32 Å². The van der Waals surface area contributed by atoms with Crippen molar-refractivity contribution in [2.24, 2.45) is 0 Å². The number of nitrogens with zero attached hydrogens (tertiary/aromatic N) is 2. The van der Waals surface area contributed by atoms with Crippen molar-refractivity contribution in [2.45, 2.75) is 53.6 Å². The third kappa shape index (κ3) is 4.36. The van der Waals surface area contributed by atoms with Crippen molar-refractivity contribution in [3.05, 3.63) is 58.2 Å². The van der Waals surface area contributed by atoms with Crippen molar-refractivity contribution in [3.63, 3.8) is 0 Å². The highest BCUT2D eigenvalue weighted by Crippen LogP contribution is 2.13. The van der Waals surface area contributed by atoms with Gasteiger partial charge in [-0.1, -0.05) is 43.7 Å². The first-order valence-electron chi connectivity index (χ1n) is 7.57. The number of nitrogens with one attached hydrogen (secondary N) is 1. The Hall–Kier alpha value is -1.74. The highest BCUT2D eigenvalue weighted by atomic mass is 14.9. The molecule has 0 bridgehead atoms. The van der Waals surface area contributed by atoms with Crippen LogP contribution in [0.5, 0.6) is 0 Å². The summed E-state index contributed by atoms with van der Waals surface area (Å²) < 4.78 is 0. The van der Waals surface area contributed by atoms with Gasteiger partial charge in [-0.05, 0) is 26.3 Å². The fourth-order valence-electron chi connectivity index (χ4n) is 2.34. The zero-order valence-electron chi connectivity index (χ0n) is 13.7. The molecule has 3 heteroatoms. The van der Waals surface area contributed by atoms with Crippen molar-refractivity contribution in [3.8, 4) is 0 Å². The minimum Gasteiger partial charge on any atom is -0.310 e. The van der Waals surface area contributed by atoms with Crippen LogP contribution in [0, 0.1) is 20.8 Å². The molecule has 1 heterocycles. The van der Waals surface area contributed by atoms with Gasteiger partial charge in [-0.2, -0.15) is 0 Å². The van der Waals surface area contributed by atoms with Crippen molar-refractivity contribution in [2.75, 3.05) is 0 Å². The van der Waals surface area contributed by atoms with E-state index < -0.39 is 0 Å². The molecular formula is C18H25N3. The molecule has 0 atom stereocenters. The van der Waals surface area contributed by atoms with Crippen LogP contribution in [0.3, 0.4) is 0 Å². The molecule has 0 amide bonds. The van der Waals surface area contributed by atoms with Gasteiger partial charge in [0.05, 0.1) is 0 Å². The van der Waals surface area contributed by atoms with E-state index in [9.17, 15) is 0 Å². The van der Waals surface area contributed by atoms with Gasteiger partial charge in [0.25, 0.3) is 0 Å². The Morgan fingerprint density at radius 2 is 1.52 bits per heavy atom. The lowest BCUT2D eigenvalue weighted by atomic mass is 10.1. The van der Waals surface area contributed by atoms with Crippen LogP contribution in [0.4, 0.5) is 0 Å². The summed E-state index contributed by atoms with van der Waals surface area (Å²) in [7, 11) is 0. The number of benzene rings is 1. The summed E-state index contributed by atoms with van der Waals surface area (Å²) in [5.74, 6) is 0.905. The van der Waals surface area contributed by atoms with Crippen LogP contribution >= 0.6 is 0 Å². The summed E-state index contributed by atoms with van der Waals surface area (Å²) in [6, 6.07) is 9.04. The lowest BCUT2D eigenvalue weighted by Gasteiger charge is -2.13. The van der Waals surface area contributed by atoms with Gasteiger partial charge in [0.15, 0.2) is 0 Å².